The van der Waals surface area contributed by atoms with E-state index in [4.69, 9.17) is 0 Å². The molecule has 0 aromatic heterocycles. The molecule has 0 amide bonds. The van der Waals surface area contributed by atoms with E-state index in [0.717, 1.165) is 25.6 Å². The van der Waals surface area contributed by atoms with E-state index in [1.807, 2.05) is 0 Å². The Balaban J connectivity index is 1.98. The van der Waals surface area contributed by atoms with Gasteiger partial charge in [0.1, 0.15) is 0 Å². The zero-order valence-electron chi connectivity index (χ0n) is 12.7. The zero-order valence-corrected chi connectivity index (χ0v) is 12.7. The van der Waals surface area contributed by atoms with Crippen LogP contribution in [0.4, 0.5) is 0 Å². The van der Waals surface area contributed by atoms with E-state index < -0.39 is 0 Å². The molecule has 0 aliphatic carbocycles. The lowest BCUT2D eigenvalue weighted by atomic mass is 9.91. The number of likely N-dealkylation sites (tertiary alicyclic amines) is 1. The van der Waals surface area contributed by atoms with Crippen LogP contribution < -0.4 is 5.32 Å². The van der Waals surface area contributed by atoms with Gasteiger partial charge in [-0.25, -0.2) is 0 Å². The lowest BCUT2D eigenvalue weighted by Crippen LogP contribution is -2.41. The van der Waals surface area contributed by atoms with Gasteiger partial charge in [-0.1, -0.05) is 38.1 Å². The van der Waals surface area contributed by atoms with Crippen LogP contribution in [0.2, 0.25) is 0 Å². The van der Waals surface area contributed by atoms with Crippen LogP contribution in [0.1, 0.15) is 44.7 Å². The Morgan fingerprint density at radius 3 is 2.84 bits per heavy atom. The van der Waals surface area contributed by atoms with Gasteiger partial charge in [-0.3, -0.25) is 4.90 Å². The van der Waals surface area contributed by atoms with Gasteiger partial charge in [0.15, 0.2) is 0 Å². The third-order valence-corrected chi connectivity index (χ3v) is 4.46. The summed E-state index contributed by atoms with van der Waals surface area (Å²) in [5, 5.41) is 3.40. The van der Waals surface area contributed by atoms with Crippen molar-refractivity contribution in [3.8, 4) is 0 Å². The summed E-state index contributed by atoms with van der Waals surface area (Å²) in [6.45, 7) is 11.3. The van der Waals surface area contributed by atoms with Crippen molar-refractivity contribution in [1.82, 2.24) is 10.2 Å². The van der Waals surface area contributed by atoms with Gasteiger partial charge < -0.3 is 5.32 Å². The van der Waals surface area contributed by atoms with Gasteiger partial charge in [-0.05, 0) is 49.9 Å². The summed E-state index contributed by atoms with van der Waals surface area (Å²) in [4.78, 5) is 2.64. The van der Waals surface area contributed by atoms with Crippen molar-refractivity contribution < 1.29 is 0 Å². The summed E-state index contributed by atoms with van der Waals surface area (Å²) in [5.41, 5.74) is 2.86. The molecule has 1 aromatic carbocycles. The predicted octanol–water partition coefficient (Wildman–Crippen LogP) is 3.42. The highest BCUT2D eigenvalue weighted by atomic mass is 15.2. The summed E-state index contributed by atoms with van der Waals surface area (Å²) in [6.07, 6.45) is 2.74. The molecule has 0 radical (unpaired) electrons. The highest BCUT2D eigenvalue weighted by Crippen LogP contribution is 2.24. The standard InChI is InChI=1S/C17H28N2/c1-4-18-12-16-8-5-9-17(11-16)13-19-10-6-7-14(2)15(19)3/h5,8-9,11,14-15,18H,4,6-7,10,12-13H2,1-3H3. The minimum absolute atomic E-state index is 0.714. The monoisotopic (exact) mass is 260 g/mol. The summed E-state index contributed by atoms with van der Waals surface area (Å²) in [5.74, 6) is 0.832. The Morgan fingerprint density at radius 2 is 2.05 bits per heavy atom. The van der Waals surface area contributed by atoms with E-state index in [9.17, 15) is 0 Å². The molecule has 0 bridgehead atoms. The van der Waals surface area contributed by atoms with Crippen LogP contribution in [0.3, 0.4) is 0 Å². The predicted molar refractivity (Wildman–Crippen MR) is 82.1 cm³/mol. The SMILES string of the molecule is CCNCc1cccc(CN2CCCC(C)C2C)c1. The smallest absolute Gasteiger partial charge is 0.0236 e. The van der Waals surface area contributed by atoms with Gasteiger partial charge >= 0.3 is 0 Å². The second kappa shape index (κ2) is 7.06. The van der Waals surface area contributed by atoms with Crippen molar-refractivity contribution in [3.05, 3.63) is 35.4 Å². The molecule has 0 saturated carbocycles. The molecule has 2 heteroatoms. The fraction of sp³-hybridized carbons (Fsp3) is 0.647. The Bertz CT molecular complexity index is 389. The minimum Gasteiger partial charge on any atom is -0.313 e. The van der Waals surface area contributed by atoms with Crippen molar-refractivity contribution in [1.29, 1.82) is 0 Å². The van der Waals surface area contributed by atoms with E-state index in [1.54, 1.807) is 0 Å². The van der Waals surface area contributed by atoms with Crippen LogP contribution in [0.25, 0.3) is 0 Å². The number of piperidine rings is 1. The molecule has 2 rings (SSSR count). The fourth-order valence-corrected chi connectivity index (χ4v) is 2.99. The minimum atomic E-state index is 0.714. The number of rotatable bonds is 5. The van der Waals surface area contributed by atoms with Crippen LogP contribution in [-0.2, 0) is 13.1 Å². The first-order valence-electron chi connectivity index (χ1n) is 7.73. The van der Waals surface area contributed by atoms with Crippen molar-refractivity contribution >= 4 is 0 Å². The van der Waals surface area contributed by atoms with Gasteiger partial charge in [0.05, 0.1) is 0 Å². The topological polar surface area (TPSA) is 15.3 Å². The zero-order chi connectivity index (χ0) is 13.7. The Kier molecular flexibility index (Phi) is 5.41. The third kappa shape index (κ3) is 4.05. The molecule has 1 N–H and O–H groups in total. The van der Waals surface area contributed by atoms with E-state index in [1.165, 1.54) is 30.5 Å². The van der Waals surface area contributed by atoms with E-state index in [-0.39, 0.29) is 0 Å². The van der Waals surface area contributed by atoms with Crippen LogP contribution >= 0.6 is 0 Å². The van der Waals surface area contributed by atoms with Crippen molar-refractivity contribution in [2.45, 2.75) is 52.7 Å². The van der Waals surface area contributed by atoms with Crippen LogP contribution in [0.15, 0.2) is 24.3 Å². The molecule has 1 fully saturated rings. The molecule has 1 aliphatic heterocycles. The first-order chi connectivity index (χ1) is 9.20. The molecule has 2 atom stereocenters. The summed E-state index contributed by atoms with van der Waals surface area (Å²) >= 11 is 0. The van der Waals surface area contributed by atoms with Gasteiger partial charge in [-0.2, -0.15) is 0 Å². The number of benzene rings is 1. The Hall–Kier alpha value is -0.860. The third-order valence-electron chi connectivity index (χ3n) is 4.46. The van der Waals surface area contributed by atoms with Crippen molar-refractivity contribution in [3.63, 3.8) is 0 Å². The normalized spacial score (nSPS) is 24.6. The second-order valence-electron chi connectivity index (χ2n) is 5.93. The molecule has 1 aromatic rings. The van der Waals surface area contributed by atoms with Crippen LogP contribution in [-0.4, -0.2) is 24.0 Å². The molecule has 1 heterocycles. The molecule has 0 spiro atoms. The van der Waals surface area contributed by atoms with Gasteiger partial charge in [0, 0.05) is 19.1 Å². The second-order valence-corrected chi connectivity index (χ2v) is 5.93. The van der Waals surface area contributed by atoms with E-state index in [0.29, 0.717) is 6.04 Å². The maximum Gasteiger partial charge on any atom is 0.0236 e. The highest BCUT2D eigenvalue weighted by molar-refractivity contribution is 5.23. The lowest BCUT2D eigenvalue weighted by molar-refractivity contribution is 0.106. The Morgan fingerprint density at radius 1 is 1.26 bits per heavy atom. The lowest BCUT2D eigenvalue weighted by Gasteiger charge is -2.38. The largest absolute Gasteiger partial charge is 0.313 e. The molecule has 1 saturated heterocycles. The summed E-state index contributed by atoms with van der Waals surface area (Å²) in [7, 11) is 0. The molecule has 1 aliphatic rings. The van der Waals surface area contributed by atoms with Gasteiger partial charge in [0.25, 0.3) is 0 Å². The van der Waals surface area contributed by atoms with Crippen LogP contribution in [0, 0.1) is 5.92 Å². The highest BCUT2D eigenvalue weighted by Gasteiger charge is 2.24. The molecule has 2 unspecified atom stereocenters. The number of nitrogens with one attached hydrogen (secondary N) is 1. The summed E-state index contributed by atoms with van der Waals surface area (Å²) < 4.78 is 0. The van der Waals surface area contributed by atoms with E-state index in [2.05, 4.69) is 55.3 Å². The first-order valence-corrected chi connectivity index (χ1v) is 7.73. The summed E-state index contributed by atoms with van der Waals surface area (Å²) in [6, 6.07) is 9.75. The first kappa shape index (κ1) is 14.5. The maximum absolute atomic E-state index is 3.40. The van der Waals surface area contributed by atoms with Crippen LogP contribution in [0.5, 0.6) is 0 Å². The molecule has 2 nitrogen and oxygen atoms in total. The molecular formula is C17H28N2. The van der Waals surface area contributed by atoms with Gasteiger partial charge in [0.2, 0.25) is 0 Å². The Labute approximate surface area is 118 Å². The van der Waals surface area contributed by atoms with Gasteiger partial charge in [-0.15, -0.1) is 0 Å². The molecule has 106 valence electrons. The number of hydrogen-bond acceptors (Lipinski definition) is 2. The average molecular weight is 260 g/mol. The average Bonchev–Trinajstić information content (AvgIpc) is 2.42. The van der Waals surface area contributed by atoms with Crippen molar-refractivity contribution in [2.75, 3.05) is 13.1 Å². The fourth-order valence-electron chi connectivity index (χ4n) is 2.99. The van der Waals surface area contributed by atoms with E-state index >= 15 is 0 Å². The maximum atomic E-state index is 3.40. The number of nitrogens with zero attached hydrogens (tertiary/aromatic N) is 1. The quantitative estimate of drug-likeness (QED) is 0.872. The molecule has 19 heavy (non-hydrogen) atoms. The van der Waals surface area contributed by atoms with Crippen molar-refractivity contribution in [2.24, 2.45) is 5.92 Å². The molecular weight excluding hydrogens is 232 g/mol. The number of hydrogen-bond donors (Lipinski definition) is 1.